The third-order valence-electron chi connectivity index (χ3n) is 6.01. The topological polar surface area (TPSA) is 64.6 Å². The molecule has 0 radical (unpaired) electrons. The van der Waals surface area contributed by atoms with Crippen molar-refractivity contribution in [2.75, 3.05) is 18.5 Å². The fourth-order valence-corrected chi connectivity index (χ4v) is 4.35. The van der Waals surface area contributed by atoms with Crippen molar-refractivity contribution in [3.8, 4) is 5.75 Å². The standard InChI is InChI=1S/C28H35NO4/c1-8-32-24(31)13-12-20-10-9-11-21(14-20)22-16-33-27-18(3)17(2)26(19(4)25(22)27)29-23(30)15-28(5,6)7/h9-14,22H,8,15-16H2,1-7H3,(H,29,30)/b13-12+. The van der Waals surface area contributed by atoms with Crippen LogP contribution >= 0.6 is 0 Å². The van der Waals surface area contributed by atoms with E-state index in [1.54, 1.807) is 13.0 Å². The predicted molar refractivity (Wildman–Crippen MR) is 133 cm³/mol. The Hall–Kier alpha value is -3.08. The summed E-state index contributed by atoms with van der Waals surface area (Å²) in [4.78, 5) is 24.4. The number of anilines is 1. The van der Waals surface area contributed by atoms with Crippen LogP contribution in [0.2, 0.25) is 0 Å². The fraction of sp³-hybridized carbons (Fsp3) is 0.429. The van der Waals surface area contributed by atoms with Crippen molar-refractivity contribution in [2.24, 2.45) is 5.41 Å². The third-order valence-corrected chi connectivity index (χ3v) is 6.01. The summed E-state index contributed by atoms with van der Waals surface area (Å²) >= 11 is 0. The number of hydrogen-bond acceptors (Lipinski definition) is 4. The van der Waals surface area contributed by atoms with Crippen LogP contribution in [0.5, 0.6) is 5.75 Å². The zero-order chi connectivity index (χ0) is 24.3. The molecule has 0 saturated carbocycles. The largest absolute Gasteiger partial charge is 0.492 e. The quantitative estimate of drug-likeness (QED) is 0.428. The van der Waals surface area contributed by atoms with Crippen molar-refractivity contribution in [1.82, 2.24) is 0 Å². The van der Waals surface area contributed by atoms with Gasteiger partial charge >= 0.3 is 5.97 Å². The van der Waals surface area contributed by atoms with Gasteiger partial charge in [0.25, 0.3) is 0 Å². The van der Waals surface area contributed by atoms with Gasteiger partial charge in [0.15, 0.2) is 0 Å². The smallest absolute Gasteiger partial charge is 0.330 e. The Morgan fingerprint density at radius 1 is 1.15 bits per heavy atom. The molecule has 1 atom stereocenters. The highest BCUT2D eigenvalue weighted by Crippen LogP contribution is 2.47. The molecule has 1 aliphatic heterocycles. The van der Waals surface area contributed by atoms with Gasteiger partial charge in [0.2, 0.25) is 5.91 Å². The Balaban J connectivity index is 1.96. The summed E-state index contributed by atoms with van der Waals surface area (Å²) < 4.78 is 11.1. The van der Waals surface area contributed by atoms with Gasteiger partial charge in [-0.15, -0.1) is 0 Å². The minimum absolute atomic E-state index is 0.0228. The first kappa shape index (κ1) is 24.6. The molecule has 176 valence electrons. The number of rotatable bonds is 6. The van der Waals surface area contributed by atoms with E-state index in [2.05, 4.69) is 45.1 Å². The molecule has 1 aliphatic rings. The highest BCUT2D eigenvalue weighted by atomic mass is 16.5. The highest BCUT2D eigenvalue weighted by Gasteiger charge is 2.32. The number of fused-ring (bicyclic) bond motifs is 1. The van der Waals surface area contributed by atoms with Crippen LogP contribution in [-0.4, -0.2) is 25.1 Å². The van der Waals surface area contributed by atoms with Gasteiger partial charge in [-0.25, -0.2) is 4.79 Å². The number of nitrogens with one attached hydrogen (secondary N) is 1. The van der Waals surface area contributed by atoms with Gasteiger partial charge in [0.1, 0.15) is 5.75 Å². The summed E-state index contributed by atoms with van der Waals surface area (Å²) in [6.07, 6.45) is 3.67. The number of carbonyl (C=O) groups excluding carboxylic acids is 2. The van der Waals surface area contributed by atoms with Gasteiger partial charge in [0.05, 0.1) is 13.2 Å². The maximum atomic E-state index is 12.7. The maximum absolute atomic E-state index is 12.7. The molecule has 0 bridgehead atoms. The first-order valence-corrected chi connectivity index (χ1v) is 11.5. The second-order valence-corrected chi connectivity index (χ2v) is 9.90. The van der Waals surface area contributed by atoms with Crippen LogP contribution in [0.1, 0.15) is 73.4 Å². The number of esters is 1. The maximum Gasteiger partial charge on any atom is 0.330 e. The number of amides is 1. The Morgan fingerprint density at radius 2 is 1.88 bits per heavy atom. The monoisotopic (exact) mass is 449 g/mol. The van der Waals surface area contributed by atoms with Crippen molar-refractivity contribution < 1.29 is 19.1 Å². The molecule has 0 spiro atoms. The van der Waals surface area contributed by atoms with E-state index in [1.807, 2.05) is 26.0 Å². The van der Waals surface area contributed by atoms with Crippen molar-refractivity contribution in [1.29, 1.82) is 0 Å². The number of ether oxygens (including phenoxy) is 2. The molecule has 5 heteroatoms. The number of hydrogen-bond donors (Lipinski definition) is 1. The molecule has 2 aromatic carbocycles. The minimum atomic E-state index is -0.352. The van der Waals surface area contributed by atoms with E-state index in [9.17, 15) is 9.59 Å². The highest BCUT2D eigenvalue weighted by molar-refractivity contribution is 5.94. The lowest BCUT2D eigenvalue weighted by molar-refractivity contribution is -0.137. The van der Waals surface area contributed by atoms with Gasteiger partial charge in [-0.1, -0.05) is 45.0 Å². The van der Waals surface area contributed by atoms with Crippen LogP contribution < -0.4 is 10.1 Å². The molecule has 0 aliphatic carbocycles. The summed E-state index contributed by atoms with van der Waals surface area (Å²) in [5.41, 5.74) is 7.10. The average molecular weight is 450 g/mol. The average Bonchev–Trinajstić information content (AvgIpc) is 3.18. The molecule has 1 amide bonds. The first-order chi connectivity index (χ1) is 15.5. The molecule has 33 heavy (non-hydrogen) atoms. The third kappa shape index (κ3) is 5.65. The van der Waals surface area contributed by atoms with Gasteiger partial charge < -0.3 is 14.8 Å². The normalized spacial score (nSPS) is 15.3. The summed E-state index contributed by atoms with van der Waals surface area (Å²) in [5.74, 6) is 0.634. The van der Waals surface area contributed by atoms with Crippen LogP contribution in [-0.2, 0) is 14.3 Å². The summed E-state index contributed by atoms with van der Waals surface area (Å²) in [7, 11) is 0. The van der Waals surface area contributed by atoms with E-state index < -0.39 is 0 Å². The van der Waals surface area contributed by atoms with Crippen molar-refractivity contribution in [3.05, 3.63) is 63.7 Å². The van der Waals surface area contributed by atoms with Gasteiger partial charge in [0, 0.05) is 29.7 Å². The van der Waals surface area contributed by atoms with E-state index in [0.717, 1.165) is 44.8 Å². The van der Waals surface area contributed by atoms with Gasteiger partial charge in [-0.05, 0) is 67.0 Å². The molecule has 1 N–H and O–H groups in total. The molecule has 5 nitrogen and oxygen atoms in total. The Morgan fingerprint density at radius 3 is 2.55 bits per heavy atom. The van der Waals surface area contributed by atoms with Crippen LogP contribution in [0.25, 0.3) is 6.08 Å². The molecular formula is C28H35NO4. The molecule has 2 aromatic rings. The lowest BCUT2D eigenvalue weighted by atomic mass is 9.85. The van der Waals surface area contributed by atoms with Gasteiger partial charge in [-0.3, -0.25) is 4.79 Å². The first-order valence-electron chi connectivity index (χ1n) is 11.5. The van der Waals surface area contributed by atoms with E-state index in [4.69, 9.17) is 9.47 Å². The molecule has 1 unspecified atom stereocenters. The summed E-state index contributed by atoms with van der Waals surface area (Å²) in [5, 5.41) is 3.18. The fourth-order valence-electron chi connectivity index (χ4n) is 4.35. The van der Waals surface area contributed by atoms with Crippen molar-refractivity contribution >= 4 is 23.6 Å². The molecule has 0 fully saturated rings. The molecular weight excluding hydrogens is 414 g/mol. The van der Waals surface area contributed by atoms with Crippen molar-refractivity contribution in [2.45, 2.75) is 60.8 Å². The zero-order valence-corrected chi connectivity index (χ0v) is 20.8. The van der Waals surface area contributed by atoms with Crippen LogP contribution in [0, 0.1) is 26.2 Å². The van der Waals surface area contributed by atoms with E-state index in [-0.39, 0.29) is 23.2 Å². The number of carbonyl (C=O) groups is 2. The molecule has 3 rings (SSSR count). The Labute approximate surface area is 197 Å². The Bertz CT molecular complexity index is 1090. The molecule has 0 saturated heterocycles. The van der Waals surface area contributed by atoms with Crippen molar-refractivity contribution in [3.63, 3.8) is 0 Å². The molecule has 0 aromatic heterocycles. The predicted octanol–water partition coefficient (Wildman–Crippen LogP) is 6.09. The zero-order valence-electron chi connectivity index (χ0n) is 20.8. The van der Waals surface area contributed by atoms with E-state index in [1.165, 1.54) is 6.08 Å². The van der Waals surface area contributed by atoms with E-state index >= 15 is 0 Å². The summed E-state index contributed by atoms with van der Waals surface area (Å²) in [6, 6.07) is 8.10. The second-order valence-electron chi connectivity index (χ2n) is 9.90. The van der Waals surface area contributed by atoms with Crippen LogP contribution in [0.4, 0.5) is 5.69 Å². The second kappa shape index (κ2) is 9.82. The number of benzene rings is 2. The van der Waals surface area contributed by atoms with Gasteiger partial charge in [-0.2, -0.15) is 0 Å². The Kier molecular flexibility index (Phi) is 7.31. The van der Waals surface area contributed by atoms with E-state index in [0.29, 0.717) is 19.6 Å². The van der Waals surface area contributed by atoms with Crippen LogP contribution in [0.3, 0.4) is 0 Å². The lowest BCUT2D eigenvalue weighted by Gasteiger charge is -2.22. The lowest BCUT2D eigenvalue weighted by Crippen LogP contribution is -2.21. The molecule has 1 heterocycles. The van der Waals surface area contributed by atoms with Crippen LogP contribution in [0.15, 0.2) is 30.3 Å². The minimum Gasteiger partial charge on any atom is -0.492 e. The summed E-state index contributed by atoms with van der Waals surface area (Å²) in [6.45, 7) is 15.0. The SMILES string of the molecule is CCOC(=O)/C=C/c1cccc(C2COc3c(C)c(C)c(NC(=O)CC(C)(C)C)c(C)c32)c1.